The topological polar surface area (TPSA) is 73.9 Å². The lowest BCUT2D eigenvalue weighted by molar-refractivity contribution is -0.117. The average molecular weight is 487 g/mol. The Morgan fingerprint density at radius 2 is 1.39 bits per heavy atom. The average Bonchev–Trinajstić information content (AvgIpc) is 2.88. The summed E-state index contributed by atoms with van der Waals surface area (Å²) in [5.74, 6) is 1.30. The first kappa shape index (κ1) is 25.4. The van der Waals surface area contributed by atoms with E-state index >= 15 is 0 Å². The Morgan fingerprint density at radius 1 is 0.750 bits per heavy atom. The molecule has 1 fully saturated rings. The van der Waals surface area contributed by atoms with Crippen LogP contribution in [0.4, 0.5) is 11.4 Å². The SMILES string of the molecule is Cc1cccc(C)c1NC(=O)CN1CCN(CCC(=O)Nc2ccccc2Oc2ccccc2)CC1. The molecule has 7 heteroatoms. The smallest absolute Gasteiger partial charge is 0.238 e. The molecule has 0 unspecified atom stereocenters. The minimum atomic E-state index is -0.0467. The van der Waals surface area contributed by atoms with Crippen LogP contribution in [0.15, 0.2) is 72.8 Å². The number of nitrogens with zero attached hydrogens (tertiary/aromatic N) is 2. The van der Waals surface area contributed by atoms with Crippen LogP contribution in [0.5, 0.6) is 11.5 Å². The van der Waals surface area contributed by atoms with Gasteiger partial charge in [0.25, 0.3) is 0 Å². The van der Waals surface area contributed by atoms with Crippen molar-refractivity contribution in [2.75, 3.05) is 49.9 Å². The van der Waals surface area contributed by atoms with E-state index in [1.165, 1.54) is 0 Å². The normalized spacial score (nSPS) is 14.3. The summed E-state index contributed by atoms with van der Waals surface area (Å²) in [5, 5.41) is 6.05. The van der Waals surface area contributed by atoms with Crippen LogP contribution in [0, 0.1) is 13.8 Å². The first-order chi connectivity index (χ1) is 17.5. The predicted octanol–water partition coefficient (Wildman–Crippen LogP) is 4.68. The number of rotatable bonds is 9. The summed E-state index contributed by atoms with van der Waals surface area (Å²) < 4.78 is 5.94. The third kappa shape index (κ3) is 7.16. The van der Waals surface area contributed by atoms with Gasteiger partial charge in [-0.1, -0.05) is 48.5 Å². The Bertz CT molecular complexity index is 1150. The molecule has 1 heterocycles. The van der Waals surface area contributed by atoms with Crippen LogP contribution >= 0.6 is 0 Å². The summed E-state index contributed by atoms with van der Waals surface area (Å²) in [4.78, 5) is 29.6. The molecule has 7 nitrogen and oxygen atoms in total. The lowest BCUT2D eigenvalue weighted by atomic mass is 10.1. The number of amides is 2. The van der Waals surface area contributed by atoms with Crippen LogP contribution in [-0.2, 0) is 9.59 Å². The number of para-hydroxylation sites is 4. The number of carbonyl (C=O) groups excluding carboxylic acids is 2. The molecule has 0 saturated carbocycles. The van der Waals surface area contributed by atoms with Gasteiger partial charge in [-0.25, -0.2) is 0 Å². The van der Waals surface area contributed by atoms with Crippen LogP contribution in [0.1, 0.15) is 17.5 Å². The summed E-state index contributed by atoms with van der Waals surface area (Å²) in [6, 6.07) is 23.0. The van der Waals surface area contributed by atoms with Gasteiger partial charge in [-0.05, 0) is 49.2 Å². The van der Waals surface area contributed by atoms with Crippen molar-refractivity contribution in [3.63, 3.8) is 0 Å². The Morgan fingerprint density at radius 3 is 2.11 bits per heavy atom. The van der Waals surface area contributed by atoms with Crippen LogP contribution in [0.3, 0.4) is 0 Å². The molecule has 2 amide bonds. The van der Waals surface area contributed by atoms with Gasteiger partial charge in [-0.15, -0.1) is 0 Å². The highest BCUT2D eigenvalue weighted by atomic mass is 16.5. The predicted molar refractivity (Wildman–Crippen MR) is 144 cm³/mol. The van der Waals surface area contributed by atoms with Crippen molar-refractivity contribution in [1.29, 1.82) is 0 Å². The highest BCUT2D eigenvalue weighted by Gasteiger charge is 2.20. The van der Waals surface area contributed by atoms with Crippen molar-refractivity contribution in [1.82, 2.24) is 9.80 Å². The van der Waals surface area contributed by atoms with E-state index in [1.54, 1.807) is 0 Å². The second kappa shape index (κ2) is 12.3. The summed E-state index contributed by atoms with van der Waals surface area (Å²) in [5.41, 5.74) is 3.70. The van der Waals surface area contributed by atoms with Gasteiger partial charge in [-0.2, -0.15) is 0 Å². The van der Waals surface area contributed by atoms with Gasteiger partial charge in [-0.3, -0.25) is 14.5 Å². The van der Waals surface area contributed by atoms with Gasteiger partial charge in [0, 0.05) is 44.8 Å². The van der Waals surface area contributed by atoms with E-state index in [2.05, 4.69) is 20.4 Å². The zero-order valence-corrected chi connectivity index (χ0v) is 21.0. The van der Waals surface area contributed by atoms with Gasteiger partial charge in [0.2, 0.25) is 11.8 Å². The summed E-state index contributed by atoms with van der Waals surface area (Å²) >= 11 is 0. The van der Waals surface area contributed by atoms with Gasteiger partial charge < -0.3 is 20.3 Å². The maximum absolute atomic E-state index is 12.6. The third-order valence-corrected chi connectivity index (χ3v) is 6.36. The fraction of sp³-hybridized carbons (Fsp3) is 0.310. The molecule has 0 aromatic heterocycles. The molecule has 188 valence electrons. The van der Waals surface area contributed by atoms with Crippen molar-refractivity contribution in [2.24, 2.45) is 0 Å². The fourth-order valence-corrected chi connectivity index (χ4v) is 4.31. The second-order valence-corrected chi connectivity index (χ2v) is 9.14. The molecule has 0 spiro atoms. The molecule has 0 bridgehead atoms. The number of hydrogen-bond donors (Lipinski definition) is 2. The Labute approximate surface area is 213 Å². The Hall–Kier alpha value is -3.68. The largest absolute Gasteiger partial charge is 0.455 e. The van der Waals surface area contributed by atoms with Crippen molar-refractivity contribution in [2.45, 2.75) is 20.3 Å². The van der Waals surface area contributed by atoms with Crippen LogP contribution in [-0.4, -0.2) is 60.9 Å². The first-order valence-corrected chi connectivity index (χ1v) is 12.4. The number of anilines is 2. The lowest BCUT2D eigenvalue weighted by Crippen LogP contribution is -2.49. The molecule has 1 saturated heterocycles. The molecule has 2 N–H and O–H groups in total. The van der Waals surface area contributed by atoms with Crippen LogP contribution in [0.25, 0.3) is 0 Å². The van der Waals surface area contributed by atoms with Crippen molar-refractivity contribution in [3.05, 3.63) is 83.9 Å². The summed E-state index contributed by atoms with van der Waals surface area (Å²) in [6.45, 7) is 8.33. The van der Waals surface area contributed by atoms with E-state index in [4.69, 9.17) is 4.74 Å². The highest BCUT2D eigenvalue weighted by Crippen LogP contribution is 2.29. The molecule has 4 rings (SSSR count). The minimum absolute atomic E-state index is 0.0108. The highest BCUT2D eigenvalue weighted by molar-refractivity contribution is 5.94. The lowest BCUT2D eigenvalue weighted by Gasteiger charge is -2.34. The third-order valence-electron chi connectivity index (χ3n) is 6.36. The molecule has 0 radical (unpaired) electrons. The van der Waals surface area contributed by atoms with E-state index < -0.39 is 0 Å². The van der Waals surface area contributed by atoms with Gasteiger partial charge in [0.05, 0.1) is 12.2 Å². The number of aryl methyl sites for hydroxylation is 2. The molecule has 1 aliphatic heterocycles. The number of carbonyl (C=O) groups is 2. The summed E-state index contributed by atoms with van der Waals surface area (Å²) in [6.07, 6.45) is 0.396. The monoisotopic (exact) mass is 486 g/mol. The van der Waals surface area contributed by atoms with Crippen LogP contribution in [0.2, 0.25) is 0 Å². The summed E-state index contributed by atoms with van der Waals surface area (Å²) in [7, 11) is 0. The van der Waals surface area contributed by atoms with E-state index in [1.807, 2.05) is 86.6 Å². The van der Waals surface area contributed by atoms with Gasteiger partial charge >= 0.3 is 0 Å². The standard InChI is InChI=1S/C29H34N4O3/c1-22-9-8-10-23(2)29(22)31-28(35)21-33-19-17-32(18-20-33)16-15-27(34)30-25-13-6-7-14-26(25)36-24-11-4-3-5-12-24/h3-14H,15-21H2,1-2H3,(H,30,34)(H,31,35). The van der Waals surface area contributed by atoms with Crippen molar-refractivity contribution >= 4 is 23.2 Å². The maximum atomic E-state index is 12.6. The Kier molecular flexibility index (Phi) is 8.71. The minimum Gasteiger partial charge on any atom is -0.455 e. The van der Waals surface area contributed by atoms with Crippen LogP contribution < -0.4 is 15.4 Å². The van der Waals surface area contributed by atoms with E-state index in [-0.39, 0.29) is 11.8 Å². The van der Waals surface area contributed by atoms with Crippen molar-refractivity contribution < 1.29 is 14.3 Å². The molecule has 1 aliphatic rings. The fourth-order valence-electron chi connectivity index (χ4n) is 4.31. The second-order valence-electron chi connectivity index (χ2n) is 9.14. The molecular formula is C29H34N4O3. The molecule has 36 heavy (non-hydrogen) atoms. The maximum Gasteiger partial charge on any atom is 0.238 e. The molecular weight excluding hydrogens is 452 g/mol. The van der Waals surface area contributed by atoms with Gasteiger partial charge in [0.15, 0.2) is 5.75 Å². The number of ether oxygens (including phenoxy) is 1. The quantitative estimate of drug-likeness (QED) is 0.459. The molecule has 3 aromatic carbocycles. The number of hydrogen-bond acceptors (Lipinski definition) is 5. The zero-order chi connectivity index (χ0) is 25.3. The number of benzene rings is 3. The Balaban J connectivity index is 1.19. The number of piperazine rings is 1. The van der Waals surface area contributed by atoms with E-state index in [9.17, 15) is 9.59 Å². The van der Waals surface area contributed by atoms with Crippen molar-refractivity contribution in [3.8, 4) is 11.5 Å². The van der Waals surface area contributed by atoms with E-state index in [0.29, 0.717) is 30.9 Å². The number of nitrogens with one attached hydrogen (secondary N) is 2. The molecule has 0 atom stereocenters. The van der Waals surface area contributed by atoms with E-state index in [0.717, 1.165) is 48.7 Å². The molecule has 3 aromatic rings. The first-order valence-electron chi connectivity index (χ1n) is 12.4. The zero-order valence-electron chi connectivity index (χ0n) is 21.0. The van der Waals surface area contributed by atoms with Gasteiger partial charge in [0.1, 0.15) is 5.75 Å². The molecule has 0 aliphatic carbocycles.